The average molecular weight is 389 g/mol. The highest BCUT2D eigenvalue weighted by atomic mass is 16.5. The number of aromatic carboxylic acids is 1. The lowest BCUT2D eigenvalue weighted by Gasteiger charge is -2.16. The predicted octanol–water partition coefficient (Wildman–Crippen LogP) is 3.45. The number of benzene rings is 2. The maximum atomic E-state index is 12.7. The van der Waals surface area contributed by atoms with Gasteiger partial charge in [0.05, 0.1) is 38.7 Å². The van der Waals surface area contributed by atoms with E-state index in [9.17, 15) is 14.7 Å². The first kappa shape index (κ1) is 20.9. The molecule has 8 heteroatoms. The minimum atomic E-state index is -1.16. The summed E-state index contributed by atoms with van der Waals surface area (Å²) in [5, 5.41) is 11.9. The third-order valence-electron chi connectivity index (χ3n) is 3.78. The number of rotatable bonds is 9. The molecule has 0 fully saturated rings. The lowest BCUT2D eigenvalue weighted by Crippen LogP contribution is -2.14. The summed E-state index contributed by atoms with van der Waals surface area (Å²) in [5.41, 5.74) is 0.444. The zero-order chi connectivity index (χ0) is 20.7. The maximum Gasteiger partial charge on any atom is 0.335 e. The highest BCUT2D eigenvalue weighted by molar-refractivity contribution is 6.06. The Labute approximate surface area is 163 Å². The van der Waals surface area contributed by atoms with Crippen molar-refractivity contribution in [1.82, 2.24) is 0 Å². The smallest absolute Gasteiger partial charge is 0.335 e. The van der Waals surface area contributed by atoms with Crippen LogP contribution >= 0.6 is 0 Å². The molecule has 0 spiro atoms. The molecule has 0 unspecified atom stereocenters. The first-order valence-electron chi connectivity index (χ1n) is 8.65. The molecule has 0 saturated heterocycles. The van der Waals surface area contributed by atoms with E-state index >= 15 is 0 Å². The second kappa shape index (κ2) is 9.50. The summed E-state index contributed by atoms with van der Waals surface area (Å²) in [6, 6.07) is 7.43. The molecular weight excluding hydrogens is 366 g/mol. The van der Waals surface area contributed by atoms with Gasteiger partial charge in [0.25, 0.3) is 5.91 Å². The third kappa shape index (κ3) is 4.64. The topological polar surface area (TPSA) is 103 Å². The molecule has 150 valence electrons. The molecule has 0 aliphatic carbocycles. The van der Waals surface area contributed by atoms with Crippen molar-refractivity contribution in [3.8, 4) is 23.0 Å². The van der Waals surface area contributed by atoms with Gasteiger partial charge >= 0.3 is 5.97 Å². The lowest BCUT2D eigenvalue weighted by atomic mass is 10.1. The Kier molecular flexibility index (Phi) is 7.08. The minimum absolute atomic E-state index is 0.0466. The Bertz CT molecular complexity index is 864. The van der Waals surface area contributed by atoms with Crippen LogP contribution in [0.15, 0.2) is 30.3 Å². The fraction of sp³-hybridized carbons (Fsp3) is 0.300. The molecule has 0 radical (unpaired) electrons. The summed E-state index contributed by atoms with van der Waals surface area (Å²) in [5.74, 6) is -0.229. The van der Waals surface area contributed by atoms with Crippen LogP contribution in [0, 0.1) is 0 Å². The minimum Gasteiger partial charge on any atom is -0.493 e. The van der Waals surface area contributed by atoms with E-state index in [1.807, 2.05) is 13.8 Å². The second-order valence-corrected chi connectivity index (χ2v) is 5.55. The number of methoxy groups -OCH3 is 2. The molecule has 0 heterocycles. The summed E-state index contributed by atoms with van der Waals surface area (Å²) in [4.78, 5) is 24.1. The largest absolute Gasteiger partial charge is 0.493 e. The van der Waals surface area contributed by atoms with Gasteiger partial charge in [-0.2, -0.15) is 0 Å². The fourth-order valence-corrected chi connectivity index (χ4v) is 2.57. The van der Waals surface area contributed by atoms with Crippen LogP contribution in [0.3, 0.4) is 0 Å². The highest BCUT2D eigenvalue weighted by Gasteiger charge is 2.19. The Balaban J connectivity index is 2.40. The van der Waals surface area contributed by atoms with Gasteiger partial charge in [-0.15, -0.1) is 0 Å². The fourth-order valence-electron chi connectivity index (χ4n) is 2.57. The van der Waals surface area contributed by atoms with Crippen molar-refractivity contribution >= 4 is 17.6 Å². The van der Waals surface area contributed by atoms with E-state index in [2.05, 4.69) is 5.32 Å². The molecule has 8 nitrogen and oxygen atoms in total. The number of nitrogens with one attached hydrogen (secondary N) is 1. The van der Waals surface area contributed by atoms with Crippen molar-refractivity contribution in [2.75, 3.05) is 32.8 Å². The number of ether oxygens (including phenoxy) is 4. The van der Waals surface area contributed by atoms with Gasteiger partial charge in [0, 0.05) is 5.56 Å². The Morgan fingerprint density at radius 1 is 0.893 bits per heavy atom. The summed E-state index contributed by atoms with van der Waals surface area (Å²) in [6.07, 6.45) is 0. The molecule has 2 aromatic carbocycles. The standard InChI is InChI=1S/C20H23NO7/c1-5-27-15-8-7-12(10-16(15)28-6-2)19(22)21-14-9-13(20(23)24)11-17(25-3)18(14)26-4/h7-11H,5-6H2,1-4H3,(H,21,22)(H,23,24). The average Bonchev–Trinajstić information content (AvgIpc) is 2.68. The van der Waals surface area contributed by atoms with E-state index in [0.29, 0.717) is 30.3 Å². The second-order valence-electron chi connectivity index (χ2n) is 5.55. The van der Waals surface area contributed by atoms with E-state index in [-0.39, 0.29) is 22.7 Å². The Morgan fingerprint density at radius 2 is 1.54 bits per heavy atom. The molecule has 0 atom stereocenters. The number of carbonyl (C=O) groups is 2. The number of anilines is 1. The zero-order valence-electron chi connectivity index (χ0n) is 16.2. The van der Waals surface area contributed by atoms with Gasteiger partial charge in [0.1, 0.15) is 0 Å². The number of carboxylic acid groups (broad SMARTS) is 1. The normalized spacial score (nSPS) is 10.1. The number of carbonyl (C=O) groups excluding carboxylic acids is 1. The van der Waals surface area contributed by atoms with Crippen molar-refractivity contribution in [3.05, 3.63) is 41.5 Å². The summed E-state index contributed by atoms with van der Waals surface area (Å²) in [7, 11) is 2.79. The van der Waals surface area contributed by atoms with E-state index in [1.54, 1.807) is 18.2 Å². The first-order valence-corrected chi connectivity index (χ1v) is 8.65. The molecule has 0 aromatic heterocycles. The van der Waals surface area contributed by atoms with Gasteiger partial charge < -0.3 is 29.4 Å². The number of amides is 1. The third-order valence-corrected chi connectivity index (χ3v) is 3.78. The Morgan fingerprint density at radius 3 is 2.11 bits per heavy atom. The lowest BCUT2D eigenvalue weighted by molar-refractivity contribution is 0.0696. The predicted molar refractivity (Wildman–Crippen MR) is 103 cm³/mol. The molecule has 0 aliphatic heterocycles. The highest BCUT2D eigenvalue weighted by Crippen LogP contribution is 2.37. The molecule has 28 heavy (non-hydrogen) atoms. The van der Waals surface area contributed by atoms with Crippen LogP contribution in [0.25, 0.3) is 0 Å². The van der Waals surface area contributed by atoms with E-state index in [0.717, 1.165) is 0 Å². The van der Waals surface area contributed by atoms with Crippen LogP contribution < -0.4 is 24.3 Å². The molecule has 2 rings (SSSR count). The van der Waals surface area contributed by atoms with Crippen LogP contribution in [-0.4, -0.2) is 44.4 Å². The number of hydrogen-bond donors (Lipinski definition) is 2. The number of hydrogen-bond acceptors (Lipinski definition) is 6. The van der Waals surface area contributed by atoms with Crippen molar-refractivity contribution in [2.24, 2.45) is 0 Å². The van der Waals surface area contributed by atoms with Crippen molar-refractivity contribution in [3.63, 3.8) is 0 Å². The van der Waals surface area contributed by atoms with Gasteiger partial charge in [0.2, 0.25) is 0 Å². The molecular formula is C20H23NO7. The van der Waals surface area contributed by atoms with Gasteiger partial charge in [0.15, 0.2) is 23.0 Å². The maximum absolute atomic E-state index is 12.7. The Hall–Kier alpha value is -3.42. The quantitative estimate of drug-likeness (QED) is 0.677. The zero-order valence-corrected chi connectivity index (χ0v) is 16.2. The van der Waals surface area contributed by atoms with Gasteiger partial charge in [-0.3, -0.25) is 4.79 Å². The van der Waals surface area contributed by atoms with Gasteiger partial charge in [-0.1, -0.05) is 0 Å². The molecule has 2 aromatic rings. The monoisotopic (exact) mass is 389 g/mol. The van der Waals surface area contributed by atoms with Gasteiger partial charge in [-0.05, 0) is 44.2 Å². The van der Waals surface area contributed by atoms with E-state index in [1.165, 1.54) is 26.4 Å². The number of carboxylic acids is 1. The van der Waals surface area contributed by atoms with Crippen LogP contribution in [0.1, 0.15) is 34.6 Å². The molecule has 1 amide bonds. The first-order chi connectivity index (χ1) is 13.4. The summed E-state index contributed by atoms with van der Waals surface area (Å²) in [6.45, 7) is 4.56. The molecule has 0 bridgehead atoms. The van der Waals surface area contributed by atoms with E-state index < -0.39 is 11.9 Å². The summed E-state index contributed by atoms with van der Waals surface area (Å²) < 4.78 is 21.5. The van der Waals surface area contributed by atoms with Crippen molar-refractivity contribution in [2.45, 2.75) is 13.8 Å². The molecule has 0 saturated carbocycles. The SMILES string of the molecule is CCOc1ccc(C(=O)Nc2cc(C(=O)O)cc(OC)c2OC)cc1OCC. The van der Waals surface area contributed by atoms with Crippen LogP contribution in [-0.2, 0) is 0 Å². The molecule has 2 N–H and O–H groups in total. The van der Waals surface area contributed by atoms with Crippen LogP contribution in [0.2, 0.25) is 0 Å². The van der Waals surface area contributed by atoms with Crippen LogP contribution in [0.5, 0.6) is 23.0 Å². The van der Waals surface area contributed by atoms with Crippen LogP contribution in [0.4, 0.5) is 5.69 Å². The van der Waals surface area contributed by atoms with Gasteiger partial charge in [-0.25, -0.2) is 4.79 Å². The molecule has 0 aliphatic rings. The van der Waals surface area contributed by atoms with Crippen molar-refractivity contribution in [1.29, 1.82) is 0 Å². The van der Waals surface area contributed by atoms with E-state index in [4.69, 9.17) is 18.9 Å². The van der Waals surface area contributed by atoms with Crippen molar-refractivity contribution < 1.29 is 33.6 Å². The summed E-state index contributed by atoms with van der Waals surface area (Å²) >= 11 is 0.